The summed E-state index contributed by atoms with van der Waals surface area (Å²) in [4.78, 5) is 3.72. The van der Waals surface area contributed by atoms with Gasteiger partial charge in [0.05, 0.1) is 5.56 Å². The van der Waals surface area contributed by atoms with Crippen LogP contribution in [0.25, 0.3) is 0 Å². The molecule has 0 amide bonds. The summed E-state index contributed by atoms with van der Waals surface area (Å²) in [7, 11) is 0. The first-order valence-electron chi connectivity index (χ1n) is 6.39. The predicted molar refractivity (Wildman–Crippen MR) is 72.6 cm³/mol. The van der Waals surface area contributed by atoms with E-state index in [1.165, 1.54) is 24.4 Å². The molecule has 2 nitrogen and oxygen atoms in total. The molecule has 0 bridgehead atoms. The zero-order chi connectivity index (χ0) is 15.5. The van der Waals surface area contributed by atoms with Gasteiger partial charge < -0.3 is 5.32 Å². The van der Waals surface area contributed by atoms with E-state index < -0.39 is 11.7 Å². The first kappa shape index (κ1) is 15.3. The van der Waals surface area contributed by atoms with Crippen molar-refractivity contribution in [1.82, 2.24) is 4.98 Å². The molecule has 0 aliphatic carbocycles. The lowest BCUT2D eigenvalue weighted by atomic mass is 10.1. The third-order valence-corrected chi connectivity index (χ3v) is 3.10. The molecule has 0 saturated carbocycles. The molecule has 1 aromatic carbocycles. The summed E-state index contributed by atoms with van der Waals surface area (Å²) in [6.45, 7) is 2.05. The van der Waals surface area contributed by atoms with Crippen molar-refractivity contribution >= 4 is 5.82 Å². The summed E-state index contributed by atoms with van der Waals surface area (Å²) in [6, 6.07) is 6.60. The Balaban J connectivity index is 2.04. The molecule has 0 radical (unpaired) electrons. The first-order valence-corrected chi connectivity index (χ1v) is 6.39. The first-order chi connectivity index (χ1) is 9.88. The summed E-state index contributed by atoms with van der Waals surface area (Å²) in [6.07, 6.45) is -2.65. The number of rotatable bonds is 4. The molecule has 2 aromatic rings. The van der Waals surface area contributed by atoms with Gasteiger partial charge in [-0.1, -0.05) is 6.07 Å². The highest BCUT2D eigenvalue weighted by atomic mass is 19.4. The number of aromatic nitrogens is 1. The summed E-state index contributed by atoms with van der Waals surface area (Å²) in [5, 5.41) is 2.69. The van der Waals surface area contributed by atoms with Crippen LogP contribution in [-0.2, 0) is 12.6 Å². The Bertz CT molecular complexity index is 623. The quantitative estimate of drug-likeness (QED) is 0.856. The van der Waals surface area contributed by atoms with Crippen molar-refractivity contribution in [3.05, 3.63) is 59.0 Å². The number of pyridine rings is 1. The smallest absolute Gasteiger partial charge is 0.369 e. The molecular formula is C15H14F4N2. The second-order valence-electron chi connectivity index (χ2n) is 4.64. The van der Waals surface area contributed by atoms with E-state index in [4.69, 9.17) is 0 Å². The molecule has 1 N–H and O–H groups in total. The van der Waals surface area contributed by atoms with Gasteiger partial charge >= 0.3 is 6.18 Å². The van der Waals surface area contributed by atoms with Gasteiger partial charge in [0.2, 0.25) is 0 Å². The standard InChI is InChI=1S/C15H14F4N2/c1-10-9-12(16)5-4-11(10)6-8-21-14-13(15(17,18)19)3-2-7-20-14/h2-5,7,9H,6,8H2,1H3,(H,20,21). The molecule has 2 rings (SSSR count). The fourth-order valence-electron chi connectivity index (χ4n) is 2.03. The van der Waals surface area contributed by atoms with Gasteiger partial charge in [-0.05, 0) is 48.7 Å². The number of anilines is 1. The van der Waals surface area contributed by atoms with E-state index in [2.05, 4.69) is 10.3 Å². The molecule has 1 heterocycles. The van der Waals surface area contributed by atoms with Gasteiger partial charge in [-0.3, -0.25) is 0 Å². The third kappa shape index (κ3) is 3.93. The van der Waals surface area contributed by atoms with E-state index in [1.54, 1.807) is 13.0 Å². The summed E-state index contributed by atoms with van der Waals surface area (Å²) >= 11 is 0. The topological polar surface area (TPSA) is 24.9 Å². The highest BCUT2D eigenvalue weighted by Crippen LogP contribution is 2.33. The number of nitrogens with one attached hydrogen (secondary N) is 1. The van der Waals surface area contributed by atoms with E-state index in [-0.39, 0.29) is 18.2 Å². The van der Waals surface area contributed by atoms with E-state index in [0.29, 0.717) is 6.42 Å². The van der Waals surface area contributed by atoms with Crippen LogP contribution in [0.2, 0.25) is 0 Å². The van der Waals surface area contributed by atoms with E-state index in [1.807, 2.05) is 0 Å². The molecular weight excluding hydrogens is 284 g/mol. The zero-order valence-corrected chi connectivity index (χ0v) is 11.3. The molecule has 0 atom stereocenters. The second-order valence-corrected chi connectivity index (χ2v) is 4.64. The van der Waals surface area contributed by atoms with E-state index in [0.717, 1.165) is 17.2 Å². The Morgan fingerprint density at radius 3 is 2.62 bits per heavy atom. The average molecular weight is 298 g/mol. The highest BCUT2D eigenvalue weighted by molar-refractivity contribution is 5.45. The predicted octanol–water partition coefficient (Wildman–Crippen LogP) is 4.20. The molecule has 0 fully saturated rings. The fraction of sp³-hybridized carbons (Fsp3) is 0.267. The average Bonchev–Trinajstić information content (AvgIpc) is 2.41. The molecule has 0 aliphatic heterocycles. The minimum absolute atomic E-state index is 0.190. The number of alkyl halides is 3. The molecule has 0 saturated heterocycles. The Hall–Kier alpha value is -2.11. The number of hydrogen-bond acceptors (Lipinski definition) is 2. The Labute approximate surface area is 119 Å². The maximum atomic E-state index is 13.0. The van der Waals surface area contributed by atoms with Crippen molar-refractivity contribution < 1.29 is 17.6 Å². The molecule has 0 aliphatic rings. The number of benzene rings is 1. The maximum Gasteiger partial charge on any atom is 0.419 e. The summed E-state index contributed by atoms with van der Waals surface area (Å²) in [5.41, 5.74) is 0.864. The molecule has 6 heteroatoms. The van der Waals surface area contributed by atoms with Crippen LogP contribution in [0, 0.1) is 12.7 Å². The largest absolute Gasteiger partial charge is 0.419 e. The minimum Gasteiger partial charge on any atom is -0.369 e. The van der Waals surface area contributed by atoms with Crippen LogP contribution in [0.3, 0.4) is 0 Å². The van der Waals surface area contributed by atoms with Gasteiger partial charge in [0.1, 0.15) is 11.6 Å². The zero-order valence-electron chi connectivity index (χ0n) is 11.3. The van der Waals surface area contributed by atoms with Gasteiger partial charge in [0.25, 0.3) is 0 Å². The molecule has 0 unspecified atom stereocenters. The molecule has 1 aromatic heterocycles. The van der Waals surface area contributed by atoms with Crippen molar-refractivity contribution in [1.29, 1.82) is 0 Å². The summed E-state index contributed by atoms with van der Waals surface area (Å²) < 4.78 is 51.3. The number of aryl methyl sites for hydroxylation is 1. The molecule has 0 spiro atoms. The summed E-state index contributed by atoms with van der Waals surface area (Å²) in [5.74, 6) is -0.516. The van der Waals surface area contributed by atoms with Crippen LogP contribution in [0.1, 0.15) is 16.7 Å². The number of hydrogen-bond donors (Lipinski definition) is 1. The Morgan fingerprint density at radius 2 is 1.95 bits per heavy atom. The van der Waals surface area contributed by atoms with Crippen molar-refractivity contribution in [2.45, 2.75) is 19.5 Å². The Morgan fingerprint density at radius 1 is 1.19 bits per heavy atom. The highest BCUT2D eigenvalue weighted by Gasteiger charge is 2.33. The van der Waals surface area contributed by atoms with Gasteiger partial charge in [-0.2, -0.15) is 13.2 Å². The minimum atomic E-state index is -4.44. The SMILES string of the molecule is Cc1cc(F)ccc1CCNc1ncccc1C(F)(F)F. The van der Waals surface area contributed by atoms with Crippen LogP contribution in [0.15, 0.2) is 36.5 Å². The van der Waals surface area contributed by atoms with Crippen LogP contribution in [0.5, 0.6) is 0 Å². The van der Waals surface area contributed by atoms with Crippen LogP contribution in [-0.4, -0.2) is 11.5 Å². The molecule has 112 valence electrons. The van der Waals surface area contributed by atoms with E-state index >= 15 is 0 Å². The van der Waals surface area contributed by atoms with Crippen LogP contribution >= 0.6 is 0 Å². The normalized spacial score (nSPS) is 11.5. The monoisotopic (exact) mass is 298 g/mol. The van der Waals surface area contributed by atoms with Gasteiger partial charge in [-0.25, -0.2) is 9.37 Å². The number of halogens is 4. The van der Waals surface area contributed by atoms with Gasteiger partial charge in [0.15, 0.2) is 0 Å². The van der Waals surface area contributed by atoms with Gasteiger partial charge in [-0.15, -0.1) is 0 Å². The van der Waals surface area contributed by atoms with Crippen molar-refractivity contribution in [3.63, 3.8) is 0 Å². The van der Waals surface area contributed by atoms with Crippen molar-refractivity contribution in [2.24, 2.45) is 0 Å². The fourth-order valence-corrected chi connectivity index (χ4v) is 2.03. The lowest BCUT2D eigenvalue weighted by Crippen LogP contribution is -2.14. The number of nitrogens with zero attached hydrogens (tertiary/aromatic N) is 1. The second kappa shape index (κ2) is 6.11. The van der Waals surface area contributed by atoms with Gasteiger partial charge in [0, 0.05) is 12.7 Å². The van der Waals surface area contributed by atoms with E-state index in [9.17, 15) is 17.6 Å². The third-order valence-electron chi connectivity index (χ3n) is 3.10. The van der Waals surface area contributed by atoms with Crippen molar-refractivity contribution in [2.75, 3.05) is 11.9 Å². The van der Waals surface area contributed by atoms with Crippen LogP contribution in [0.4, 0.5) is 23.4 Å². The van der Waals surface area contributed by atoms with Crippen LogP contribution < -0.4 is 5.32 Å². The maximum absolute atomic E-state index is 13.0. The Kier molecular flexibility index (Phi) is 4.45. The van der Waals surface area contributed by atoms with Crippen molar-refractivity contribution in [3.8, 4) is 0 Å². The lowest BCUT2D eigenvalue weighted by Gasteiger charge is -2.13. The lowest BCUT2D eigenvalue weighted by molar-refractivity contribution is -0.137. The molecule has 21 heavy (non-hydrogen) atoms.